The van der Waals surface area contributed by atoms with Crippen LogP contribution in [0.25, 0.3) is 0 Å². The zero-order valence-electron chi connectivity index (χ0n) is 18.7. The normalized spacial score (nSPS) is 51.3. The van der Waals surface area contributed by atoms with Crippen molar-refractivity contribution < 1.29 is 79.5 Å². The van der Waals surface area contributed by atoms with E-state index in [2.05, 4.69) is 0 Å². The minimum absolute atomic E-state index is 0.648. The topological polar surface area (TPSA) is 258 Å². The first-order valence-electron chi connectivity index (χ1n) is 11.0. The van der Waals surface area contributed by atoms with Gasteiger partial charge in [0.25, 0.3) is 0 Å². The maximum atomic E-state index is 10.7. The zero-order valence-corrected chi connectivity index (χ0v) is 18.7. The highest BCUT2D eigenvalue weighted by Gasteiger charge is 2.53. The molecule has 0 amide bonds. The van der Waals surface area contributed by atoms with Gasteiger partial charge in [0, 0.05) is 7.11 Å². The quantitative estimate of drug-likeness (QED) is 0.143. The number of aliphatic hydroxyl groups is 10. The van der Waals surface area contributed by atoms with Gasteiger partial charge in [0.1, 0.15) is 73.2 Å². The van der Waals surface area contributed by atoms with Gasteiger partial charge in [0.15, 0.2) is 18.9 Å². The molecule has 3 saturated heterocycles. The second kappa shape index (κ2) is 12.3. The molecule has 0 unspecified atom stereocenters. The Morgan fingerprint density at radius 3 is 1.31 bits per heavy atom. The van der Waals surface area contributed by atoms with Gasteiger partial charge in [-0.15, -0.1) is 0 Å². The Balaban J connectivity index is 1.84. The van der Waals surface area contributed by atoms with Gasteiger partial charge in [-0.25, -0.2) is 0 Å². The van der Waals surface area contributed by atoms with E-state index in [0.29, 0.717) is 0 Å². The molecule has 0 saturated carbocycles. The second-order valence-electron chi connectivity index (χ2n) is 8.55. The lowest BCUT2D eigenvalue weighted by Gasteiger charge is -2.48. The van der Waals surface area contributed by atoms with Crippen LogP contribution in [0.1, 0.15) is 0 Å². The van der Waals surface area contributed by atoms with Crippen molar-refractivity contribution in [1.29, 1.82) is 0 Å². The van der Waals surface area contributed by atoms with Crippen LogP contribution in [0.3, 0.4) is 0 Å². The van der Waals surface area contributed by atoms with Crippen molar-refractivity contribution in [1.82, 2.24) is 0 Å². The standard InChI is InChI=1S/C19H34O16/c1-30-18-15(12(27)9(24)6(3-21)32-18)35-19-16(13(28)10(25)7(4-22)33-19)34-17-14(29)11(26)8(23)5(2-20)31-17/h5-29H,2-4H2,1H3/t5-,6-,7-,8-,9-,10-,11+,12+,13+,14+,15+,16+,17+,18-,19+/m1/s1. The van der Waals surface area contributed by atoms with Crippen LogP contribution in [0.2, 0.25) is 0 Å². The molecule has 16 nitrogen and oxygen atoms in total. The summed E-state index contributed by atoms with van der Waals surface area (Å²) < 4.78 is 32.4. The van der Waals surface area contributed by atoms with Crippen LogP contribution in [0.15, 0.2) is 0 Å². The van der Waals surface area contributed by atoms with E-state index in [0.717, 1.165) is 0 Å². The molecular weight excluding hydrogens is 484 g/mol. The van der Waals surface area contributed by atoms with Crippen molar-refractivity contribution in [2.75, 3.05) is 26.9 Å². The van der Waals surface area contributed by atoms with Crippen molar-refractivity contribution >= 4 is 0 Å². The Morgan fingerprint density at radius 1 is 0.486 bits per heavy atom. The highest BCUT2D eigenvalue weighted by atomic mass is 16.8. The molecule has 0 aromatic carbocycles. The molecule has 0 bridgehead atoms. The summed E-state index contributed by atoms with van der Waals surface area (Å²) in [7, 11) is 1.19. The first kappa shape index (κ1) is 28.9. The van der Waals surface area contributed by atoms with Crippen LogP contribution in [-0.2, 0) is 28.4 Å². The van der Waals surface area contributed by atoms with Gasteiger partial charge in [-0.2, -0.15) is 0 Å². The first-order chi connectivity index (χ1) is 16.6. The van der Waals surface area contributed by atoms with E-state index < -0.39 is 112 Å². The number of methoxy groups -OCH3 is 1. The van der Waals surface area contributed by atoms with Crippen LogP contribution in [-0.4, -0.2) is 170 Å². The third-order valence-corrected chi connectivity index (χ3v) is 6.31. The van der Waals surface area contributed by atoms with E-state index in [4.69, 9.17) is 28.4 Å². The molecule has 16 heteroatoms. The second-order valence-corrected chi connectivity index (χ2v) is 8.55. The molecule has 3 heterocycles. The van der Waals surface area contributed by atoms with Gasteiger partial charge in [-0.3, -0.25) is 0 Å². The molecule has 3 fully saturated rings. The molecule has 15 atom stereocenters. The average molecular weight is 518 g/mol. The predicted molar refractivity (Wildman–Crippen MR) is 106 cm³/mol. The summed E-state index contributed by atoms with van der Waals surface area (Å²) in [6.07, 6.45) is -24.2. The van der Waals surface area contributed by atoms with Crippen LogP contribution in [0.5, 0.6) is 0 Å². The van der Waals surface area contributed by atoms with Gasteiger partial charge < -0.3 is 79.5 Å². The molecular formula is C19H34O16. The van der Waals surface area contributed by atoms with Crippen molar-refractivity contribution in [3.8, 4) is 0 Å². The fourth-order valence-electron chi connectivity index (χ4n) is 4.19. The largest absolute Gasteiger partial charge is 0.394 e. The molecule has 3 rings (SSSR count). The molecule has 0 aromatic rings. The Bertz CT molecular complexity index is 652. The van der Waals surface area contributed by atoms with Gasteiger partial charge in [0.2, 0.25) is 0 Å². The predicted octanol–water partition coefficient (Wildman–Crippen LogP) is -6.92. The highest BCUT2D eigenvalue weighted by Crippen LogP contribution is 2.33. The SMILES string of the molecule is CO[C@@H]1O[C@H](CO)[C@@H](O)[C@H](O)[C@@H]1O[C@@H]1O[C@H](CO)[C@@H](O)[C@H](O)[C@@H]1O[C@@H]1O[C@H](CO)[C@@H](O)[C@H](O)[C@@H]1O. The summed E-state index contributed by atoms with van der Waals surface area (Å²) in [4.78, 5) is 0. The summed E-state index contributed by atoms with van der Waals surface area (Å²) in [5.41, 5.74) is 0. The van der Waals surface area contributed by atoms with Crippen LogP contribution in [0, 0.1) is 0 Å². The van der Waals surface area contributed by atoms with Crippen molar-refractivity contribution in [2.24, 2.45) is 0 Å². The van der Waals surface area contributed by atoms with E-state index in [9.17, 15) is 51.1 Å². The number of ether oxygens (including phenoxy) is 6. The monoisotopic (exact) mass is 518 g/mol. The van der Waals surface area contributed by atoms with E-state index in [1.807, 2.05) is 0 Å². The van der Waals surface area contributed by atoms with Crippen LogP contribution >= 0.6 is 0 Å². The summed E-state index contributed by atoms with van der Waals surface area (Å²) in [5.74, 6) is 0. The number of aliphatic hydroxyl groups excluding tert-OH is 10. The van der Waals surface area contributed by atoms with E-state index in [1.54, 1.807) is 0 Å². The smallest absolute Gasteiger partial charge is 0.187 e. The Labute approximate surface area is 199 Å². The molecule has 3 aliphatic rings. The lowest BCUT2D eigenvalue weighted by molar-refractivity contribution is -0.392. The van der Waals surface area contributed by atoms with Crippen molar-refractivity contribution in [3.05, 3.63) is 0 Å². The van der Waals surface area contributed by atoms with Gasteiger partial charge >= 0.3 is 0 Å². The molecule has 0 radical (unpaired) electrons. The molecule has 0 aromatic heterocycles. The Morgan fingerprint density at radius 2 is 0.857 bits per heavy atom. The molecule has 10 N–H and O–H groups in total. The van der Waals surface area contributed by atoms with Crippen molar-refractivity contribution in [3.63, 3.8) is 0 Å². The van der Waals surface area contributed by atoms with Crippen LogP contribution < -0.4 is 0 Å². The molecule has 3 aliphatic heterocycles. The van der Waals surface area contributed by atoms with E-state index in [1.165, 1.54) is 7.11 Å². The summed E-state index contributed by atoms with van der Waals surface area (Å²) in [6, 6.07) is 0. The number of rotatable bonds is 8. The fourth-order valence-corrected chi connectivity index (χ4v) is 4.19. The van der Waals surface area contributed by atoms with Gasteiger partial charge in [0.05, 0.1) is 19.8 Å². The lowest BCUT2D eigenvalue weighted by atomic mass is 9.96. The minimum atomic E-state index is -1.86. The summed E-state index contributed by atoms with van der Waals surface area (Å²) in [6.45, 7) is -2.17. The first-order valence-corrected chi connectivity index (χ1v) is 11.0. The van der Waals surface area contributed by atoms with Crippen LogP contribution in [0.4, 0.5) is 0 Å². The summed E-state index contributed by atoms with van der Waals surface area (Å²) in [5, 5.41) is 100. The number of hydrogen-bond acceptors (Lipinski definition) is 16. The third-order valence-electron chi connectivity index (χ3n) is 6.31. The summed E-state index contributed by atoms with van der Waals surface area (Å²) >= 11 is 0. The highest BCUT2D eigenvalue weighted by molar-refractivity contribution is 4.96. The average Bonchev–Trinajstić information content (AvgIpc) is 2.86. The van der Waals surface area contributed by atoms with E-state index in [-0.39, 0.29) is 0 Å². The molecule has 35 heavy (non-hydrogen) atoms. The number of hydrogen-bond donors (Lipinski definition) is 10. The molecule has 0 spiro atoms. The van der Waals surface area contributed by atoms with Crippen molar-refractivity contribution in [2.45, 2.75) is 92.1 Å². The van der Waals surface area contributed by atoms with Gasteiger partial charge in [-0.1, -0.05) is 0 Å². The maximum absolute atomic E-state index is 10.7. The Kier molecular flexibility index (Phi) is 10.1. The molecule has 206 valence electrons. The maximum Gasteiger partial charge on any atom is 0.187 e. The minimum Gasteiger partial charge on any atom is -0.394 e. The third kappa shape index (κ3) is 5.78. The molecule has 0 aliphatic carbocycles. The van der Waals surface area contributed by atoms with E-state index >= 15 is 0 Å². The lowest BCUT2D eigenvalue weighted by Crippen LogP contribution is -2.67. The zero-order chi connectivity index (χ0) is 26.0. The van der Waals surface area contributed by atoms with Gasteiger partial charge in [-0.05, 0) is 0 Å². The fraction of sp³-hybridized carbons (Fsp3) is 1.00. The Hall–Kier alpha value is -0.640.